The Kier molecular flexibility index (Phi) is 1.65. The van der Waals surface area contributed by atoms with Crippen LogP contribution in [0.1, 0.15) is 6.42 Å². The van der Waals surface area contributed by atoms with Gasteiger partial charge in [-0.3, -0.25) is 4.18 Å². The van der Waals surface area contributed by atoms with Crippen LogP contribution in [-0.2, 0) is 19.7 Å². The summed E-state index contributed by atoms with van der Waals surface area (Å²) in [4.78, 5) is 0. The first kappa shape index (κ1) is 5.78. The topological polar surface area (TPSA) is 35.5 Å². The molecule has 46 valence electrons. The second kappa shape index (κ2) is 2.28. The van der Waals surface area contributed by atoms with Crippen molar-refractivity contribution in [2.24, 2.45) is 0 Å². The Labute approximate surface area is 50.2 Å². The largest absolute Gasteiger partial charge is 0.385 e. The Hall–Kier alpha value is -0.350. The average Bonchev–Trinajstić information content (AvgIpc) is 1.64. The molecule has 0 saturated carbocycles. The highest BCUT2D eigenvalue weighted by atomic mass is 32.2. The molecule has 1 saturated heterocycles. The lowest BCUT2D eigenvalue weighted by Gasteiger charge is -2.11. The SMILES string of the molecule is C=C1CCOS(=O)O1. The van der Waals surface area contributed by atoms with Gasteiger partial charge in [0, 0.05) is 6.42 Å². The Bertz CT molecular complexity index is 117. The van der Waals surface area contributed by atoms with Gasteiger partial charge in [0.05, 0.1) is 6.61 Å². The highest BCUT2D eigenvalue weighted by molar-refractivity contribution is 7.75. The molecule has 1 aliphatic heterocycles. The summed E-state index contributed by atoms with van der Waals surface area (Å²) in [6.45, 7) is 3.92. The van der Waals surface area contributed by atoms with Crippen LogP contribution in [0.5, 0.6) is 0 Å². The summed E-state index contributed by atoms with van der Waals surface area (Å²) in [6.07, 6.45) is 0.645. The number of hydrogen-bond acceptors (Lipinski definition) is 3. The number of hydrogen-bond donors (Lipinski definition) is 0. The van der Waals surface area contributed by atoms with Gasteiger partial charge < -0.3 is 4.18 Å². The Balaban J connectivity index is 2.45. The van der Waals surface area contributed by atoms with Crippen molar-refractivity contribution in [3.05, 3.63) is 12.3 Å². The molecule has 0 aromatic rings. The van der Waals surface area contributed by atoms with E-state index < -0.39 is 11.4 Å². The molecule has 0 aromatic carbocycles. The highest BCUT2D eigenvalue weighted by Crippen LogP contribution is 2.10. The van der Waals surface area contributed by atoms with E-state index in [1.165, 1.54) is 0 Å². The second-order valence-electron chi connectivity index (χ2n) is 1.40. The van der Waals surface area contributed by atoms with Crippen molar-refractivity contribution in [1.82, 2.24) is 0 Å². The summed E-state index contributed by atoms with van der Waals surface area (Å²) in [7, 11) is 0. The average molecular weight is 134 g/mol. The molecule has 0 radical (unpaired) electrons. The minimum atomic E-state index is -1.57. The van der Waals surface area contributed by atoms with E-state index in [1.54, 1.807) is 0 Å². The van der Waals surface area contributed by atoms with E-state index >= 15 is 0 Å². The van der Waals surface area contributed by atoms with Gasteiger partial charge in [-0.1, -0.05) is 6.58 Å². The third-order valence-corrected chi connectivity index (χ3v) is 1.48. The predicted octanol–water partition coefficient (Wildman–Crippen LogP) is 0.516. The van der Waals surface area contributed by atoms with E-state index in [1.807, 2.05) is 0 Å². The van der Waals surface area contributed by atoms with Gasteiger partial charge in [0.1, 0.15) is 5.76 Å². The third kappa shape index (κ3) is 1.31. The molecule has 1 aliphatic rings. The molecule has 0 aliphatic carbocycles. The lowest BCUT2D eigenvalue weighted by Crippen LogP contribution is -2.10. The van der Waals surface area contributed by atoms with E-state index in [4.69, 9.17) is 0 Å². The zero-order chi connectivity index (χ0) is 5.98. The quantitative estimate of drug-likeness (QED) is 0.484. The summed E-state index contributed by atoms with van der Waals surface area (Å²) in [6, 6.07) is 0. The zero-order valence-electron chi connectivity index (χ0n) is 4.25. The zero-order valence-corrected chi connectivity index (χ0v) is 5.07. The van der Waals surface area contributed by atoms with Gasteiger partial charge in [-0.15, -0.1) is 0 Å². The maximum Gasteiger partial charge on any atom is 0.359 e. The van der Waals surface area contributed by atoms with Crippen LogP contribution in [0.3, 0.4) is 0 Å². The minimum absolute atomic E-state index is 0.450. The van der Waals surface area contributed by atoms with Gasteiger partial charge >= 0.3 is 11.4 Å². The summed E-state index contributed by atoms with van der Waals surface area (Å²) in [5.74, 6) is 0.537. The molecule has 1 unspecified atom stereocenters. The van der Waals surface area contributed by atoms with Gasteiger partial charge in [-0.25, -0.2) is 0 Å². The predicted molar refractivity (Wildman–Crippen MR) is 28.9 cm³/mol. The van der Waals surface area contributed by atoms with Crippen molar-refractivity contribution < 1.29 is 12.6 Å². The van der Waals surface area contributed by atoms with Crippen LogP contribution in [0.4, 0.5) is 0 Å². The number of rotatable bonds is 0. The summed E-state index contributed by atoms with van der Waals surface area (Å²) < 4.78 is 19.4. The Morgan fingerprint density at radius 1 is 1.75 bits per heavy atom. The van der Waals surface area contributed by atoms with E-state index in [2.05, 4.69) is 14.9 Å². The molecule has 0 N–H and O–H groups in total. The van der Waals surface area contributed by atoms with Crippen LogP contribution in [0.15, 0.2) is 12.3 Å². The van der Waals surface area contributed by atoms with Crippen LogP contribution in [0.25, 0.3) is 0 Å². The van der Waals surface area contributed by atoms with Crippen molar-refractivity contribution in [2.75, 3.05) is 6.61 Å². The first-order chi connectivity index (χ1) is 3.79. The molecule has 4 heteroatoms. The molecule has 1 heterocycles. The lowest BCUT2D eigenvalue weighted by molar-refractivity contribution is 0.234. The van der Waals surface area contributed by atoms with E-state index in [0.717, 1.165) is 0 Å². The van der Waals surface area contributed by atoms with Gasteiger partial charge in [0.15, 0.2) is 0 Å². The van der Waals surface area contributed by atoms with Gasteiger partial charge in [0.25, 0.3) is 0 Å². The van der Waals surface area contributed by atoms with Gasteiger partial charge in [-0.2, -0.15) is 4.21 Å². The molecule has 0 amide bonds. The van der Waals surface area contributed by atoms with Crippen molar-refractivity contribution in [1.29, 1.82) is 0 Å². The van der Waals surface area contributed by atoms with E-state index in [-0.39, 0.29) is 0 Å². The van der Waals surface area contributed by atoms with Crippen LogP contribution >= 0.6 is 0 Å². The molecule has 1 atom stereocenters. The molecular weight excluding hydrogens is 128 g/mol. The highest BCUT2D eigenvalue weighted by Gasteiger charge is 2.10. The molecule has 0 spiro atoms. The monoisotopic (exact) mass is 134 g/mol. The van der Waals surface area contributed by atoms with Crippen molar-refractivity contribution in [2.45, 2.75) is 6.42 Å². The van der Waals surface area contributed by atoms with Gasteiger partial charge in [0.2, 0.25) is 0 Å². The fourth-order valence-corrected chi connectivity index (χ4v) is 0.929. The maximum atomic E-state index is 10.3. The Morgan fingerprint density at radius 3 is 2.88 bits per heavy atom. The lowest BCUT2D eigenvalue weighted by atomic mass is 10.4. The Morgan fingerprint density at radius 2 is 2.50 bits per heavy atom. The van der Waals surface area contributed by atoms with Crippen LogP contribution in [-0.4, -0.2) is 10.8 Å². The van der Waals surface area contributed by atoms with Crippen LogP contribution in [0, 0.1) is 0 Å². The van der Waals surface area contributed by atoms with Crippen LogP contribution < -0.4 is 0 Å². The van der Waals surface area contributed by atoms with Crippen molar-refractivity contribution >= 4 is 11.4 Å². The van der Waals surface area contributed by atoms with E-state index in [9.17, 15) is 4.21 Å². The first-order valence-electron chi connectivity index (χ1n) is 2.20. The van der Waals surface area contributed by atoms with Crippen LogP contribution in [0.2, 0.25) is 0 Å². The molecule has 3 nitrogen and oxygen atoms in total. The van der Waals surface area contributed by atoms with Crippen molar-refractivity contribution in [3.8, 4) is 0 Å². The minimum Gasteiger partial charge on any atom is -0.385 e. The maximum absolute atomic E-state index is 10.3. The molecule has 1 fully saturated rings. The molecule has 0 bridgehead atoms. The summed E-state index contributed by atoms with van der Waals surface area (Å²) in [5.41, 5.74) is 0. The second-order valence-corrected chi connectivity index (χ2v) is 2.21. The fourth-order valence-electron chi connectivity index (χ4n) is 0.385. The molecule has 8 heavy (non-hydrogen) atoms. The fraction of sp³-hybridized carbons (Fsp3) is 0.500. The normalized spacial score (nSPS) is 29.5. The van der Waals surface area contributed by atoms with Crippen molar-refractivity contribution in [3.63, 3.8) is 0 Å². The first-order valence-corrected chi connectivity index (χ1v) is 3.20. The standard InChI is InChI=1S/C4H6O3S/c1-4-2-3-6-8(5)7-4/h1-3H2. The molecule has 1 rings (SSSR count). The summed E-state index contributed by atoms with van der Waals surface area (Å²) in [5, 5.41) is 0. The molecule has 0 aromatic heterocycles. The molecular formula is C4H6O3S. The third-order valence-electron chi connectivity index (χ3n) is 0.746. The summed E-state index contributed by atoms with van der Waals surface area (Å²) >= 11 is -1.57. The smallest absolute Gasteiger partial charge is 0.359 e. The van der Waals surface area contributed by atoms with Gasteiger partial charge in [-0.05, 0) is 0 Å². The van der Waals surface area contributed by atoms with E-state index in [0.29, 0.717) is 18.8 Å².